The van der Waals surface area contributed by atoms with Crippen LogP contribution in [0, 0.1) is 5.82 Å². The van der Waals surface area contributed by atoms with Gasteiger partial charge >= 0.3 is 5.97 Å². The average molecular weight is 404 g/mol. The number of rotatable bonds is 3. The topological polar surface area (TPSA) is 103 Å². The Kier molecular flexibility index (Phi) is 3.32. The predicted octanol–water partition coefficient (Wildman–Crippen LogP) is 1.26. The van der Waals surface area contributed by atoms with Gasteiger partial charge in [-0.05, 0) is 25.3 Å². The summed E-state index contributed by atoms with van der Waals surface area (Å²) in [4.78, 5) is 15.5. The average Bonchev–Trinajstić information content (AvgIpc) is 3.50. The number of aliphatic hydroxyl groups excluding tert-OH is 1. The van der Waals surface area contributed by atoms with Crippen LogP contribution in [0.1, 0.15) is 37.4 Å². The highest BCUT2D eigenvalue weighted by molar-refractivity contribution is 5.95. The first-order valence-electron chi connectivity index (χ1n) is 9.94. The lowest BCUT2D eigenvalue weighted by Gasteiger charge is -2.50. The monoisotopic (exact) mass is 404 g/mol. The van der Waals surface area contributed by atoms with Crippen LogP contribution in [0.2, 0.25) is 0 Å². The molecule has 7 rings (SSSR count). The molecule has 1 saturated carbocycles. The predicted molar refractivity (Wildman–Crippen MR) is 98.3 cm³/mol. The van der Waals surface area contributed by atoms with Gasteiger partial charge in [-0.15, -0.1) is 0 Å². The van der Waals surface area contributed by atoms with Crippen LogP contribution in [0.25, 0.3) is 0 Å². The van der Waals surface area contributed by atoms with Crippen LogP contribution in [-0.4, -0.2) is 58.7 Å². The molecular formula is C20H21FN2O6. The van der Waals surface area contributed by atoms with Crippen LogP contribution in [0.15, 0.2) is 17.5 Å². The van der Waals surface area contributed by atoms with Crippen molar-refractivity contribution < 1.29 is 34.0 Å². The number of anilines is 2. The number of aliphatic carboxylic acids is 1. The second kappa shape index (κ2) is 5.54. The maximum atomic E-state index is 15.3. The van der Waals surface area contributed by atoms with Crippen LogP contribution < -0.4 is 14.5 Å². The van der Waals surface area contributed by atoms with Gasteiger partial charge in [0, 0.05) is 24.6 Å². The van der Waals surface area contributed by atoms with Gasteiger partial charge in [0.25, 0.3) is 0 Å². The Hall–Kier alpha value is -2.52. The molecular weight excluding hydrogens is 383 g/mol. The second-order valence-corrected chi connectivity index (χ2v) is 8.59. The number of benzene rings is 1. The third-order valence-electron chi connectivity index (χ3n) is 6.69. The number of ether oxygens (including phenoxy) is 2. The van der Waals surface area contributed by atoms with Crippen LogP contribution in [0.4, 0.5) is 15.8 Å². The lowest BCUT2D eigenvalue weighted by Crippen LogP contribution is -2.56. The molecule has 8 nitrogen and oxygen atoms in total. The molecule has 3 atom stereocenters. The van der Waals surface area contributed by atoms with Crippen molar-refractivity contribution in [3.05, 3.63) is 28.9 Å². The minimum atomic E-state index is -1.18. The van der Waals surface area contributed by atoms with Gasteiger partial charge in [0.1, 0.15) is 17.9 Å². The second-order valence-electron chi connectivity index (χ2n) is 8.59. The molecule has 29 heavy (non-hydrogen) atoms. The van der Waals surface area contributed by atoms with E-state index in [-0.39, 0.29) is 30.9 Å². The molecule has 1 saturated heterocycles. The summed E-state index contributed by atoms with van der Waals surface area (Å²) in [5, 5.41) is 29.5. The Morgan fingerprint density at radius 1 is 1.31 bits per heavy atom. The molecule has 1 aromatic carbocycles. The number of hydrogen-bond acceptors (Lipinski definition) is 7. The SMILES string of the molecule is O=C(O)C1=C2OC1c1cc(F)c3c(c1N2C1CC1)OC[C@@H]1C[C@](O)(CO)CCN31. The number of carboxylic acids is 1. The van der Waals surface area contributed by atoms with E-state index >= 15 is 4.39 Å². The minimum absolute atomic E-state index is 0.121. The van der Waals surface area contributed by atoms with Gasteiger partial charge in [-0.3, -0.25) is 0 Å². The zero-order chi connectivity index (χ0) is 20.1. The molecule has 3 N–H and O–H groups in total. The summed E-state index contributed by atoms with van der Waals surface area (Å²) >= 11 is 0. The number of hydrogen-bond donors (Lipinski definition) is 3. The van der Waals surface area contributed by atoms with E-state index in [1.165, 1.54) is 6.07 Å². The fourth-order valence-electron chi connectivity index (χ4n) is 5.09. The normalized spacial score (nSPS) is 31.8. The molecule has 9 heteroatoms. The number of piperidine rings is 1. The maximum absolute atomic E-state index is 15.3. The number of aliphatic hydroxyl groups is 2. The first kappa shape index (κ1) is 17.3. The summed E-state index contributed by atoms with van der Waals surface area (Å²) in [5.74, 6) is -0.776. The van der Waals surface area contributed by atoms with E-state index in [4.69, 9.17) is 9.47 Å². The molecule has 6 aliphatic rings. The summed E-state index contributed by atoms with van der Waals surface area (Å²) in [6.07, 6.45) is 1.67. The molecule has 1 unspecified atom stereocenters. The van der Waals surface area contributed by atoms with E-state index in [0.717, 1.165) is 12.8 Å². The summed E-state index contributed by atoms with van der Waals surface area (Å²) < 4.78 is 27.0. The highest BCUT2D eigenvalue weighted by atomic mass is 19.1. The minimum Gasteiger partial charge on any atom is -0.487 e. The summed E-state index contributed by atoms with van der Waals surface area (Å²) in [5.41, 5.74) is 0.543. The lowest BCUT2D eigenvalue weighted by molar-refractivity contribution is -0.136. The lowest BCUT2D eigenvalue weighted by atomic mass is 9.85. The van der Waals surface area contributed by atoms with Crippen molar-refractivity contribution in [1.29, 1.82) is 0 Å². The third kappa shape index (κ3) is 2.22. The summed E-state index contributed by atoms with van der Waals surface area (Å²) in [6, 6.07) is 1.25. The number of halogens is 1. The smallest absolute Gasteiger partial charge is 0.341 e. The highest BCUT2D eigenvalue weighted by Crippen LogP contribution is 2.60. The van der Waals surface area contributed by atoms with E-state index in [9.17, 15) is 20.1 Å². The van der Waals surface area contributed by atoms with Crippen LogP contribution in [0.3, 0.4) is 0 Å². The number of fused-ring (bicyclic) bond motifs is 3. The quantitative estimate of drug-likeness (QED) is 0.692. The van der Waals surface area contributed by atoms with E-state index in [1.807, 2.05) is 9.80 Å². The molecule has 1 aliphatic carbocycles. The molecule has 5 aliphatic heterocycles. The van der Waals surface area contributed by atoms with Gasteiger partial charge in [0.2, 0.25) is 5.88 Å². The highest BCUT2D eigenvalue weighted by Gasteiger charge is 2.54. The van der Waals surface area contributed by atoms with Crippen molar-refractivity contribution in [3.63, 3.8) is 0 Å². The Morgan fingerprint density at radius 2 is 2.10 bits per heavy atom. The molecule has 1 aromatic rings. The Bertz CT molecular complexity index is 976. The fourth-order valence-corrected chi connectivity index (χ4v) is 5.09. The molecule has 0 aromatic heterocycles. The van der Waals surface area contributed by atoms with Crippen molar-refractivity contribution in [3.8, 4) is 5.75 Å². The molecule has 0 spiro atoms. The number of nitrogens with zero attached hydrogens (tertiary/aromatic N) is 2. The van der Waals surface area contributed by atoms with E-state index in [1.54, 1.807) is 0 Å². The van der Waals surface area contributed by atoms with Crippen LogP contribution >= 0.6 is 0 Å². The standard InChI is InChI=1S/C20H21FN2O6/c21-12-5-11-14(23(9-1-2-9)18-13(19(25)26)16(11)29-18)17-15(12)22-4-3-20(27,8-24)6-10(22)7-28-17/h5,9-10,16,24,27H,1-4,6-8H2,(H,25,26)/t10-,16?,20-/m0/s1. The van der Waals surface area contributed by atoms with Crippen LogP contribution in [0.5, 0.6) is 5.75 Å². The zero-order valence-corrected chi connectivity index (χ0v) is 15.6. The first-order valence-corrected chi connectivity index (χ1v) is 9.94. The molecule has 2 bridgehead atoms. The number of carbonyl (C=O) groups is 1. The van der Waals surface area contributed by atoms with Crippen molar-refractivity contribution in [2.45, 2.75) is 49.5 Å². The van der Waals surface area contributed by atoms with Crippen molar-refractivity contribution in [2.24, 2.45) is 0 Å². The van der Waals surface area contributed by atoms with Gasteiger partial charge < -0.3 is 34.6 Å². The summed E-state index contributed by atoms with van der Waals surface area (Å²) in [6.45, 7) is 0.331. The number of carboxylic acid groups (broad SMARTS) is 1. The maximum Gasteiger partial charge on any atom is 0.341 e. The zero-order valence-electron chi connectivity index (χ0n) is 15.6. The molecule has 2 fully saturated rings. The Balaban J connectivity index is 1.48. The van der Waals surface area contributed by atoms with Gasteiger partial charge in [-0.1, -0.05) is 0 Å². The van der Waals surface area contributed by atoms with Crippen molar-refractivity contribution >= 4 is 17.3 Å². The van der Waals surface area contributed by atoms with E-state index < -0.39 is 23.5 Å². The molecule has 154 valence electrons. The molecule has 0 amide bonds. The Morgan fingerprint density at radius 3 is 2.79 bits per heavy atom. The first-order chi connectivity index (χ1) is 13.9. The summed E-state index contributed by atoms with van der Waals surface area (Å²) in [7, 11) is 0. The van der Waals surface area contributed by atoms with Gasteiger partial charge in [0.05, 0.1) is 23.9 Å². The third-order valence-corrected chi connectivity index (χ3v) is 6.69. The van der Waals surface area contributed by atoms with E-state index in [0.29, 0.717) is 48.0 Å². The van der Waals surface area contributed by atoms with Gasteiger partial charge in [-0.25, -0.2) is 9.18 Å². The Labute approximate surface area is 165 Å². The van der Waals surface area contributed by atoms with Crippen molar-refractivity contribution in [1.82, 2.24) is 0 Å². The molecule has 0 radical (unpaired) electrons. The van der Waals surface area contributed by atoms with E-state index in [2.05, 4.69) is 0 Å². The fraction of sp³-hybridized carbons (Fsp3) is 0.550. The van der Waals surface area contributed by atoms with Crippen LogP contribution in [-0.2, 0) is 9.53 Å². The molecule has 5 heterocycles. The van der Waals surface area contributed by atoms with Gasteiger partial charge in [-0.2, -0.15) is 0 Å². The van der Waals surface area contributed by atoms with Gasteiger partial charge in [0.15, 0.2) is 17.7 Å². The largest absolute Gasteiger partial charge is 0.487 e. The van der Waals surface area contributed by atoms with Crippen molar-refractivity contribution in [2.75, 3.05) is 29.6 Å².